The molecular formula is C14H16N4OS. The summed E-state index contributed by atoms with van der Waals surface area (Å²) >= 11 is 1.33. The molecule has 0 spiro atoms. The van der Waals surface area contributed by atoms with Crippen LogP contribution in [-0.4, -0.2) is 28.7 Å². The standard InChI is InChI=1S/C14H16N4OS/c1-10-7-16-14(17-8-10)20-9-13(19)18(2)12-5-3-11(15)4-6-12/h3-8H,9,15H2,1-2H3. The lowest BCUT2D eigenvalue weighted by Gasteiger charge is -2.17. The number of thioether (sulfide) groups is 1. The van der Waals surface area contributed by atoms with Gasteiger partial charge in [0.2, 0.25) is 5.91 Å². The third-order valence-electron chi connectivity index (χ3n) is 2.74. The van der Waals surface area contributed by atoms with Crippen LogP contribution in [0.4, 0.5) is 11.4 Å². The number of aryl methyl sites for hydroxylation is 1. The monoisotopic (exact) mass is 288 g/mol. The average molecular weight is 288 g/mol. The Morgan fingerprint density at radius 2 is 1.85 bits per heavy atom. The highest BCUT2D eigenvalue weighted by molar-refractivity contribution is 7.99. The molecule has 0 fully saturated rings. The summed E-state index contributed by atoms with van der Waals surface area (Å²) in [6, 6.07) is 7.19. The van der Waals surface area contributed by atoms with Crippen LogP contribution < -0.4 is 10.6 Å². The quantitative estimate of drug-likeness (QED) is 0.530. The number of hydrogen-bond acceptors (Lipinski definition) is 5. The fourth-order valence-electron chi connectivity index (χ4n) is 1.52. The first-order valence-corrected chi connectivity index (χ1v) is 7.08. The second-order valence-electron chi connectivity index (χ2n) is 4.38. The fourth-order valence-corrected chi connectivity index (χ4v) is 2.22. The number of aromatic nitrogens is 2. The van der Waals surface area contributed by atoms with Gasteiger partial charge in [-0.15, -0.1) is 0 Å². The van der Waals surface area contributed by atoms with E-state index in [1.165, 1.54) is 11.8 Å². The predicted octanol–water partition coefficient (Wildman–Crippen LogP) is 2.12. The number of nitrogens with two attached hydrogens (primary N) is 1. The number of carbonyl (C=O) groups is 1. The molecule has 1 amide bonds. The summed E-state index contributed by atoms with van der Waals surface area (Å²) in [6.45, 7) is 1.93. The Balaban J connectivity index is 1.94. The third-order valence-corrected chi connectivity index (χ3v) is 3.60. The number of carbonyl (C=O) groups excluding carboxylic acids is 1. The van der Waals surface area contributed by atoms with Gasteiger partial charge in [0.25, 0.3) is 0 Å². The number of anilines is 2. The van der Waals surface area contributed by atoms with Crippen LogP contribution in [0.5, 0.6) is 0 Å². The summed E-state index contributed by atoms with van der Waals surface area (Å²) in [7, 11) is 1.74. The summed E-state index contributed by atoms with van der Waals surface area (Å²) < 4.78 is 0. The van der Waals surface area contributed by atoms with E-state index in [1.54, 1.807) is 36.5 Å². The molecule has 1 heterocycles. The van der Waals surface area contributed by atoms with Crippen LogP contribution in [0.2, 0.25) is 0 Å². The maximum atomic E-state index is 12.1. The first-order chi connectivity index (χ1) is 9.56. The molecule has 0 radical (unpaired) electrons. The van der Waals surface area contributed by atoms with Crippen LogP contribution in [-0.2, 0) is 4.79 Å². The molecule has 0 aliphatic rings. The van der Waals surface area contributed by atoms with Crippen molar-refractivity contribution in [3.05, 3.63) is 42.2 Å². The molecule has 6 heteroatoms. The van der Waals surface area contributed by atoms with Gasteiger partial charge >= 0.3 is 0 Å². The number of amides is 1. The third kappa shape index (κ3) is 3.71. The number of nitrogen functional groups attached to an aromatic ring is 1. The highest BCUT2D eigenvalue weighted by Gasteiger charge is 2.12. The lowest BCUT2D eigenvalue weighted by molar-refractivity contribution is -0.115. The minimum Gasteiger partial charge on any atom is -0.399 e. The Morgan fingerprint density at radius 1 is 1.25 bits per heavy atom. The van der Waals surface area contributed by atoms with E-state index in [2.05, 4.69) is 9.97 Å². The van der Waals surface area contributed by atoms with Crippen molar-refractivity contribution in [3.8, 4) is 0 Å². The summed E-state index contributed by atoms with van der Waals surface area (Å²) in [4.78, 5) is 22.0. The molecule has 0 atom stereocenters. The van der Waals surface area contributed by atoms with E-state index in [0.717, 1.165) is 11.3 Å². The summed E-state index contributed by atoms with van der Waals surface area (Å²) in [5.41, 5.74) is 8.12. The van der Waals surface area contributed by atoms with Crippen LogP contribution >= 0.6 is 11.8 Å². The zero-order valence-electron chi connectivity index (χ0n) is 11.4. The van der Waals surface area contributed by atoms with Crippen LogP contribution in [0.15, 0.2) is 41.8 Å². The maximum absolute atomic E-state index is 12.1. The zero-order chi connectivity index (χ0) is 14.5. The van der Waals surface area contributed by atoms with Gasteiger partial charge in [0.1, 0.15) is 0 Å². The summed E-state index contributed by atoms with van der Waals surface area (Å²) in [5, 5.41) is 0.606. The van der Waals surface area contributed by atoms with Crippen molar-refractivity contribution < 1.29 is 4.79 Å². The van der Waals surface area contributed by atoms with Crippen LogP contribution in [0.3, 0.4) is 0 Å². The number of hydrogen-bond donors (Lipinski definition) is 1. The Labute approximate surface area is 122 Å². The number of nitrogens with zero attached hydrogens (tertiary/aromatic N) is 3. The Bertz CT molecular complexity index is 583. The zero-order valence-corrected chi connectivity index (χ0v) is 12.2. The highest BCUT2D eigenvalue weighted by Crippen LogP contribution is 2.18. The van der Waals surface area contributed by atoms with Crippen molar-refractivity contribution in [2.45, 2.75) is 12.1 Å². The summed E-state index contributed by atoms with van der Waals surface area (Å²) in [6.07, 6.45) is 3.48. The minimum absolute atomic E-state index is 0.0102. The molecule has 2 N–H and O–H groups in total. The molecule has 0 aliphatic heterocycles. The lowest BCUT2D eigenvalue weighted by Crippen LogP contribution is -2.27. The van der Waals surface area contributed by atoms with E-state index in [0.29, 0.717) is 16.6 Å². The molecule has 20 heavy (non-hydrogen) atoms. The van der Waals surface area contributed by atoms with Crippen molar-refractivity contribution in [1.29, 1.82) is 0 Å². The van der Waals surface area contributed by atoms with Gasteiger partial charge in [0, 0.05) is 30.8 Å². The van der Waals surface area contributed by atoms with Crippen LogP contribution in [0.25, 0.3) is 0 Å². The second kappa shape index (κ2) is 6.38. The van der Waals surface area contributed by atoms with Crippen molar-refractivity contribution in [2.75, 3.05) is 23.4 Å². The SMILES string of the molecule is Cc1cnc(SCC(=O)N(C)c2ccc(N)cc2)nc1. The normalized spacial score (nSPS) is 10.3. The Kier molecular flexibility index (Phi) is 4.57. The van der Waals surface area contributed by atoms with Crippen molar-refractivity contribution >= 4 is 29.0 Å². The van der Waals surface area contributed by atoms with Crippen LogP contribution in [0, 0.1) is 6.92 Å². The fraction of sp³-hybridized carbons (Fsp3) is 0.214. The predicted molar refractivity (Wildman–Crippen MR) is 81.8 cm³/mol. The van der Waals surface area contributed by atoms with Crippen molar-refractivity contribution in [1.82, 2.24) is 9.97 Å². The van der Waals surface area contributed by atoms with Crippen molar-refractivity contribution in [2.24, 2.45) is 0 Å². The van der Waals surface area contributed by atoms with Gasteiger partial charge in [-0.2, -0.15) is 0 Å². The van der Waals surface area contributed by atoms with Crippen molar-refractivity contribution in [3.63, 3.8) is 0 Å². The topological polar surface area (TPSA) is 72.1 Å². The molecular weight excluding hydrogens is 272 g/mol. The molecule has 104 valence electrons. The van der Waals surface area contributed by atoms with E-state index in [1.807, 2.05) is 19.1 Å². The van der Waals surface area contributed by atoms with Gasteiger partial charge in [-0.25, -0.2) is 9.97 Å². The largest absolute Gasteiger partial charge is 0.399 e. The Morgan fingerprint density at radius 3 is 2.45 bits per heavy atom. The summed E-state index contributed by atoms with van der Waals surface area (Å²) in [5.74, 6) is 0.285. The lowest BCUT2D eigenvalue weighted by atomic mass is 10.2. The van der Waals surface area contributed by atoms with Gasteiger partial charge in [-0.3, -0.25) is 4.79 Å². The maximum Gasteiger partial charge on any atom is 0.237 e. The van der Waals surface area contributed by atoms with E-state index in [4.69, 9.17) is 5.73 Å². The minimum atomic E-state index is -0.0102. The second-order valence-corrected chi connectivity index (χ2v) is 5.32. The first-order valence-electron chi connectivity index (χ1n) is 6.10. The molecule has 1 aromatic heterocycles. The smallest absolute Gasteiger partial charge is 0.237 e. The molecule has 5 nitrogen and oxygen atoms in total. The molecule has 0 saturated carbocycles. The van der Waals surface area contributed by atoms with E-state index >= 15 is 0 Å². The molecule has 0 aliphatic carbocycles. The molecule has 1 aromatic carbocycles. The molecule has 0 unspecified atom stereocenters. The average Bonchev–Trinajstić information content (AvgIpc) is 2.46. The van der Waals surface area contributed by atoms with Gasteiger partial charge in [-0.05, 0) is 36.8 Å². The Hall–Kier alpha value is -2.08. The van der Waals surface area contributed by atoms with Gasteiger partial charge in [-0.1, -0.05) is 11.8 Å². The van der Waals surface area contributed by atoms with Gasteiger partial charge in [0.05, 0.1) is 5.75 Å². The first kappa shape index (κ1) is 14.3. The van der Waals surface area contributed by atoms with Gasteiger partial charge in [0.15, 0.2) is 5.16 Å². The molecule has 2 aromatic rings. The molecule has 0 bridgehead atoms. The highest BCUT2D eigenvalue weighted by atomic mass is 32.2. The van der Waals surface area contributed by atoms with Gasteiger partial charge < -0.3 is 10.6 Å². The van der Waals surface area contributed by atoms with E-state index < -0.39 is 0 Å². The van der Waals surface area contributed by atoms with Crippen LogP contribution in [0.1, 0.15) is 5.56 Å². The number of benzene rings is 1. The van der Waals surface area contributed by atoms with E-state index in [9.17, 15) is 4.79 Å². The number of rotatable bonds is 4. The molecule has 0 saturated heterocycles. The molecule has 2 rings (SSSR count). The van der Waals surface area contributed by atoms with E-state index in [-0.39, 0.29) is 5.91 Å².